The zero-order valence-electron chi connectivity index (χ0n) is 9.55. The molecule has 2 fully saturated rings. The van der Waals surface area contributed by atoms with Crippen molar-refractivity contribution in [3.63, 3.8) is 0 Å². The molecule has 0 aromatic rings. The first-order valence-electron chi connectivity index (χ1n) is 5.31. The first-order chi connectivity index (χ1) is 7.91. The van der Waals surface area contributed by atoms with Gasteiger partial charge in [0.05, 0.1) is 5.92 Å². The number of carbonyl (C=O) groups is 1. The summed E-state index contributed by atoms with van der Waals surface area (Å²) in [7, 11) is 0. The van der Waals surface area contributed by atoms with Gasteiger partial charge < -0.3 is 5.11 Å². The van der Waals surface area contributed by atoms with Gasteiger partial charge >= 0.3 is 12.1 Å². The predicted octanol–water partition coefficient (Wildman–Crippen LogP) is 3.10. The van der Waals surface area contributed by atoms with Gasteiger partial charge in [-0.2, -0.15) is 13.2 Å². The van der Waals surface area contributed by atoms with Gasteiger partial charge in [-0.3, -0.25) is 4.79 Å². The Hall–Kier alpha value is -1.14. The molecule has 102 valence electrons. The van der Waals surface area contributed by atoms with Crippen LogP contribution in [0, 0.1) is 23.2 Å². The van der Waals surface area contributed by atoms with Crippen LogP contribution < -0.4 is 0 Å². The Morgan fingerprint density at radius 3 is 2.11 bits per heavy atom. The normalized spacial score (nSPS) is 38.6. The molecular weight excluding hydrogens is 259 g/mol. The second kappa shape index (κ2) is 3.24. The third kappa shape index (κ3) is 1.71. The van der Waals surface area contributed by atoms with E-state index in [0.717, 1.165) is 6.08 Å². The molecule has 0 saturated heterocycles. The summed E-state index contributed by atoms with van der Waals surface area (Å²) in [6.07, 6.45) is -4.18. The molecule has 7 heteroatoms. The lowest BCUT2D eigenvalue weighted by molar-refractivity contribution is -0.166. The first-order valence-corrected chi connectivity index (χ1v) is 5.31. The summed E-state index contributed by atoms with van der Waals surface area (Å²) in [5.74, 6) is -9.44. The smallest absolute Gasteiger partial charge is 0.401 e. The summed E-state index contributed by atoms with van der Waals surface area (Å²) in [5, 5.41) is 8.81. The van der Waals surface area contributed by atoms with Crippen molar-refractivity contribution in [1.82, 2.24) is 0 Å². The molecule has 0 aliphatic heterocycles. The summed E-state index contributed by atoms with van der Waals surface area (Å²) < 4.78 is 62.8. The standard InChI is InChI=1S/C11H11F5O2/c1-9(2)4(6(9)8(17)18)3-5-7(10(5,12)13)11(14,15)16/h3-4,6-7H,1-2H3,(H,17,18). The maximum Gasteiger partial charge on any atom is 0.401 e. The Bertz CT molecular complexity index is 435. The van der Waals surface area contributed by atoms with Gasteiger partial charge in [-0.25, -0.2) is 8.78 Å². The average molecular weight is 270 g/mol. The molecule has 2 rings (SSSR count). The predicted molar refractivity (Wildman–Crippen MR) is 51.0 cm³/mol. The number of rotatable bonds is 2. The molecule has 0 heterocycles. The van der Waals surface area contributed by atoms with Crippen molar-refractivity contribution in [3.05, 3.63) is 11.6 Å². The molecule has 2 nitrogen and oxygen atoms in total. The molecular formula is C11H11F5O2. The lowest BCUT2D eigenvalue weighted by Crippen LogP contribution is -2.15. The van der Waals surface area contributed by atoms with E-state index in [1.165, 1.54) is 13.8 Å². The van der Waals surface area contributed by atoms with Crippen LogP contribution in [0.2, 0.25) is 0 Å². The lowest BCUT2D eigenvalue weighted by atomic mass is 10.1. The van der Waals surface area contributed by atoms with Gasteiger partial charge in [0, 0.05) is 5.57 Å². The number of carboxylic acid groups (broad SMARTS) is 1. The molecule has 0 bridgehead atoms. The van der Waals surface area contributed by atoms with Gasteiger partial charge in [-0.05, 0) is 11.3 Å². The van der Waals surface area contributed by atoms with Crippen LogP contribution in [0.5, 0.6) is 0 Å². The number of hydrogen-bond donors (Lipinski definition) is 1. The number of allylic oxidation sites excluding steroid dienone is 2. The van der Waals surface area contributed by atoms with E-state index in [1.54, 1.807) is 0 Å². The highest BCUT2D eigenvalue weighted by atomic mass is 19.4. The Kier molecular flexibility index (Phi) is 2.40. The van der Waals surface area contributed by atoms with E-state index >= 15 is 0 Å². The molecule has 18 heavy (non-hydrogen) atoms. The van der Waals surface area contributed by atoms with Crippen LogP contribution in [-0.2, 0) is 4.79 Å². The summed E-state index contributed by atoms with van der Waals surface area (Å²) in [6.45, 7) is 3.08. The number of carboxylic acids is 1. The second-order valence-electron chi connectivity index (χ2n) is 5.38. The summed E-state index contributed by atoms with van der Waals surface area (Å²) in [6, 6.07) is 0. The molecule has 0 aromatic carbocycles. The highest BCUT2D eigenvalue weighted by Crippen LogP contribution is 2.66. The first kappa shape index (κ1) is 13.3. The molecule has 3 unspecified atom stereocenters. The van der Waals surface area contributed by atoms with Crippen molar-refractivity contribution in [2.24, 2.45) is 23.2 Å². The van der Waals surface area contributed by atoms with Gasteiger partial charge in [0.1, 0.15) is 5.92 Å². The van der Waals surface area contributed by atoms with Gasteiger partial charge in [-0.15, -0.1) is 0 Å². The van der Waals surface area contributed by atoms with Crippen LogP contribution >= 0.6 is 0 Å². The van der Waals surface area contributed by atoms with Crippen molar-refractivity contribution < 1.29 is 31.9 Å². The fraction of sp³-hybridized carbons (Fsp3) is 0.727. The van der Waals surface area contributed by atoms with E-state index < -0.39 is 46.8 Å². The zero-order chi connectivity index (χ0) is 14.1. The molecule has 0 aromatic heterocycles. The molecule has 2 aliphatic carbocycles. The average Bonchev–Trinajstić information content (AvgIpc) is 2.83. The zero-order valence-corrected chi connectivity index (χ0v) is 9.55. The minimum absolute atomic E-state index is 0.761. The Morgan fingerprint density at radius 2 is 1.83 bits per heavy atom. The van der Waals surface area contributed by atoms with E-state index in [9.17, 15) is 26.7 Å². The summed E-state index contributed by atoms with van der Waals surface area (Å²) >= 11 is 0. The summed E-state index contributed by atoms with van der Waals surface area (Å²) in [5.41, 5.74) is -1.76. The van der Waals surface area contributed by atoms with Crippen LogP contribution in [0.1, 0.15) is 13.8 Å². The summed E-state index contributed by atoms with van der Waals surface area (Å²) in [4.78, 5) is 10.8. The highest BCUT2D eigenvalue weighted by molar-refractivity contribution is 5.76. The van der Waals surface area contributed by atoms with Crippen LogP contribution in [0.15, 0.2) is 11.6 Å². The number of hydrogen-bond acceptors (Lipinski definition) is 1. The third-order valence-corrected chi connectivity index (χ3v) is 3.84. The maximum atomic E-state index is 13.0. The van der Waals surface area contributed by atoms with Crippen LogP contribution in [0.3, 0.4) is 0 Å². The van der Waals surface area contributed by atoms with Gasteiger partial charge in [-0.1, -0.05) is 19.9 Å². The number of alkyl halides is 5. The Morgan fingerprint density at radius 1 is 1.33 bits per heavy atom. The second-order valence-corrected chi connectivity index (χ2v) is 5.38. The van der Waals surface area contributed by atoms with Gasteiger partial charge in [0.15, 0.2) is 0 Å². The van der Waals surface area contributed by atoms with E-state index in [0.29, 0.717) is 0 Å². The quantitative estimate of drug-likeness (QED) is 0.618. The number of aliphatic carboxylic acids is 1. The Balaban J connectivity index is 2.21. The van der Waals surface area contributed by atoms with Crippen molar-refractivity contribution in [3.8, 4) is 0 Å². The van der Waals surface area contributed by atoms with E-state index in [4.69, 9.17) is 5.11 Å². The van der Waals surface area contributed by atoms with Crippen LogP contribution in [0.4, 0.5) is 22.0 Å². The highest BCUT2D eigenvalue weighted by Gasteiger charge is 2.76. The molecule has 0 radical (unpaired) electrons. The third-order valence-electron chi connectivity index (χ3n) is 3.84. The Labute approximate surface area is 99.5 Å². The minimum Gasteiger partial charge on any atom is -0.481 e. The van der Waals surface area contributed by atoms with Crippen molar-refractivity contribution >= 4 is 5.97 Å². The van der Waals surface area contributed by atoms with E-state index in [2.05, 4.69) is 0 Å². The van der Waals surface area contributed by atoms with Gasteiger partial charge in [0.25, 0.3) is 5.92 Å². The monoisotopic (exact) mass is 270 g/mol. The fourth-order valence-corrected chi connectivity index (χ4v) is 2.54. The van der Waals surface area contributed by atoms with Crippen molar-refractivity contribution in [2.45, 2.75) is 25.9 Å². The van der Waals surface area contributed by atoms with Crippen molar-refractivity contribution in [1.29, 1.82) is 0 Å². The lowest BCUT2D eigenvalue weighted by Gasteiger charge is -2.01. The maximum absolute atomic E-state index is 13.0. The molecule has 1 N–H and O–H groups in total. The van der Waals surface area contributed by atoms with Crippen molar-refractivity contribution in [2.75, 3.05) is 0 Å². The topological polar surface area (TPSA) is 37.3 Å². The van der Waals surface area contributed by atoms with Gasteiger partial charge in [0.2, 0.25) is 0 Å². The van der Waals surface area contributed by atoms with E-state index in [1.807, 2.05) is 0 Å². The van der Waals surface area contributed by atoms with Crippen LogP contribution in [0.25, 0.3) is 0 Å². The largest absolute Gasteiger partial charge is 0.481 e. The molecule has 0 amide bonds. The number of halogens is 5. The van der Waals surface area contributed by atoms with E-state index in [-0.39, 0.29) is 0 Å². The SMILES string of the molecule is CC1(C)C(C=C2C(C(F)(F)F)C2(F)F)C1C(=O)O. The molecule has 3 atom stereocenters. The fourth-order valence-electron chi connectivity index (χ4n) is 2.54. The molecule has 2 saturated carbocycles. The minimum atomic E-state index is -4.98. The molecule has 0 spiro atoms. The molecule has 2 aliphatic rings. The van der Waals surface area contributed by atoms with Crippen LogP contribution in [-0.4, -0.2) is 23.2 Å².